The Bertz CT molecular complexity index is 392. The molecule has 1 aliphatic carbocycles. The van der Waals surface area contributed by atoms with Crippen molar-refractivity contribution in [2.75, 3.05) is 0 Å². The van der Waals surface area contributed by atoms with Crippen LogP contribution in [0.15, 0.2) is 30.3 Å². The van der Waals surface area contributed by atoms with Crippen LogP contribution in [-0.2, 0) is 11.3 Å². The van der Waals surface area contributed by atoms with Gasteiger partial charge in [0.1, 0.15) is 0 Å². The van der Waals surface area contributed by atoms with E-state index in [2.05, 4.69) is 28.1 Å². The summed E-state index contributed by atoms with van der Waals surface area (Å²) in [5.74, 6) is 0.184. The summed E-state index contributed by atoms with van der Waals surface area (Å²) in [6.07, 6.45) is 2.28. The van der Waals surface area contributed by atoms with Crippen LogP contribution in [0.25, 0.3) is 0 Å². The fraction of sp³-hybridized carbons (Fsp3) is 0.500. The molecule has 0 N–H and O–H groups in total. The van der Waals surface area contributed by atoms with Gasteiger partial charge in [0.2, 0.25) is 5.91 Å². The number of rotatable bonds is 4. The molecule has 0 bridgehead atoms. The van der Waals surface area contributed by atoms with Crippen molar-refractivity contribution in [2.24, 2.45) is 0 Å². The van der Waals surface area contributed by atoms with Gasteiger partial charge in [-0.1, -0.05) is 46.3 Å². The lowest BCUT2D eigenvalue weighted by atomic mass is 10.1. The molecule has 0 saturated heterocycles. The molecule has 1 aliphatic rings. The first-order chi connectivity index (χ1) is 7.98. The predicted octanol–water partition coefficient (Wildman–Crippen LogP) is 3.35. The van der Waals surface area contributed by atoms with Crippen LogP contribution in [0.4, 0.5) is 0 Å². The normalized spacial score (nSPS) is 15.7. The number of nitrogens with zero attached hydrogens (tertiary/aromatic N) is 1. The molecule has 0 aliphatic heterocycles. The fourth-order valence-corrected chi connectivity index (χ4v) is 2.10. The highest BCUT2D eigenvalue weighted by molar-refractivity contribution is 9.10. The maximum atomic E-state index is 12.3. The van der Waals surface area contributed by atoms with Crippen LogP contribution in [0, 0.1) is 0 Å². The Balaban J connectivity index is 2.11. The minimum atomic E-state index is -0.468. The van der Waals surface area contributed by atoms with Crippen LogP contribution in [-0.4, -0.2) is 21.2 Å². The van der Waals surface area contributed by atoms with E-state index in [0.29, 0.717) is 6.04 Å². The lowest BCUT2D eigenvalue weighted by molar-refractivity contribution is -0.134. The summed E-state index contributed by atoms with van der Waals surface area (Å²) >= 11 is 3.46. The molecule has 0 spiro atoms. The SMILES string of the molecule is CC(C)(Br)C(=O)N(Cc1ccccc1)C1CC1. The summed E-state index contributed by atoms with van der Waals surface area (Å²) < 4.78 is -0.468. The maximum Gasteiger partial charge on any atom is 0.239 e. The Morgan fingerprint density at radius 2 is 1.94 bits per heavy atom. The second kappa shape index (κ2) is 4.81. The van der Waals surface area contributed by atoms with Gasteiger partial charge in [-0.05, 0) is 32.3 Å². The number of carbonyl (C=O) groups is 1. The molecule has 1 amide bonds. The summed E-state index contributed by atoms with van der Waals surface area (Å²) in [6, 6.07) is 10.6. The van der Waals surface area contributed by atoms with E-state index in [0.717, 1.165) is 19.4 Å². The van der Waals surface area contributed by atoms with E-state index in [-0.39, 0.29) is 5.91 Å². The van der Waals surface area contributed by atoms with Crippen LogP contribution in [0.2, 0.25) is 0 Å². The number of halogens is 1. The fourth-order valence-electron chi connectivity index (χ4n) is 1.87. The first-order valence-corrected chi connectivity index (χ1v) is 6.81. The van der Waals surface area contributed by atoms with E-state index in [9.17, 15) is 4.79 Å². The van der Waals surface area contributed by atoms with Crippen LogP contribution >= 0.6 is 15.9 Å². The minimum Gasteiger partial charge on any atom is -0.334 e. The maximum absolute atomic E-state index is 12.3. The number of alkyl halides is 1. The standard InChI is InChI=1S/C14H18BrNO/c1-14(2,15)13(17)16(12-8-9-12)10-11-6-4-3-5-7-11/h3-7,12H,8-10H2,1-2H3. The van der Waals surface area contributed by atoms with Crippen molar-refractivity contribution in [3.63, 3.8) is 0 Å². The highest BCUT2D eigenvalue weighted by Gasteiger charge is 2.38. The Morgan fingerprint density at radius 3 is 2.41 bits per heavy atom. The summed E-state index contributed by atoms with van der Waals surface area (Å²) in [5, 5.41) is 0. The van der Waals surface area contributed by atoms with Crippen molar-refractivity contribution in [1.29, 1.82) is 0 Å². The van der Waals surface area contributed by atoms with Crippen molar-refractivity contribution >= 4 is 21.8 Å². The van der Waals surface area contributed by atoms with Gasteiger partial charge in [-0.15, -0.1) is 0 Å². The average molecular weight is 296 g/mol. The van der Waals surface area contributed by atoms with Gasteiger partial charge >= 0.3 is 0 Å². The van der Waals surface area contributed by atoms with Crippen LogP contribution in [0.3, 0.4) is 0 Å². The Kier molecular flexibility index (Phi) is 3.57. The molecule has 2 nitrogen and oxygen atoms in total. The van der Waals surface area contributed by atoms with Gasteiger partial charge in [-0.2, -0.15) is 0 Å². The molecule has 0 atom stereocenters. The van der Waals surface area contributed by atoms with E-state index in [1.165, 1.54) is 5.56 Å². The van der Waals surface area contributed by atoms with Crippen molar-refractivity contribution < 1.29 is 4.79 Å². The number of carbonyl (C=O) groups excluding carboxylic acids is 1. The molecule has 1 aromatic carbocycles. The molecule has 2 rings (SSSR count). The van der Waals surface area contributed by atoms with E-state index in [1.807, 2.05) is 36.9 Å². The third-order valence-electron chi connectivity index (χ3n) is 2.95. The third kappa shape index (κ3) is 3.32. The van der Waals surface area contributed by atoms with Gasteiger partial charge in [-0.3, -0.25) is 4.79 Å². The number of hydrogen-bond acceptors (Lipinski definition) is 1. The Labute approximate surface area is 111 Å². The zero-order valence-corrected chi connectivity index (χ0v) is 11.9. The zero-order valence-electron chi connectivity index (χ0n) is 10.3. The van der Waals surface area contributed by atoms with E-state index < -0.39 is 4.32 Å². The second-order valence-corrected chi connectivity index (χ2v) is 7.10. The topological polar surface area (TPSA) is 20.3 Å². The molecule has 92 valence electrons. The third-order valence-corrected chi connectivity index (χ3v) is 3.29. The van der Waals surface area contributed by atoms with Gasteiger partial charge in [0.05, 0.1) is 4.32 Å². The van der Waals surface area contributed by atoms with Gasteiger partial charge in [-0.25, -0.2) is 0 Å². The second-order valence-electron chi connectivity index (χ2n) is 5.12. The predicted molar refractivity (Wildman–Crippen MR) is 73.0 cm³/mol. The smallest absolute Gasteiger partial charge is 0.239 e. The van der Waals surface area contributed by atoms with E-state index in [1.54, 1.807) is 0 Å². The number of hydrogen-bond donors (Lipinski definition) is 0. The Morgan fingerprint density at radius 1 is 1.35 bits per heavy atom. The molecule has 0 aromatic heterocycles. The van der Waals surface area contributed by atoms with Crippen molar-refractivity contribution in [2.45, 2.75) is 43.6 Å². The van der Waals surface area contributed by atoms with Crippen molar-refractivity contribution in [3.8, 4) is 0 Å². The van der Waals surface area contributed by atoms with Gasteiger partial charge in [0, 0.05) is 12.6 Å². The quantitative estimate of drug-likeness (QED) is 0.780. The summed E-state index contributed by atoms with van der Waals surface area (Å²) in [4.78, 5) is 14.3. The van der Waals surface area contributed by atoms with Crippen LogP contribution in [0.1, 0.15) is 32.3 Å². The van der Waals surface area contributed by atoms with Gasteiger partial charge in [0.25, 0.3) is 0 Å². The molecule has 17 heavy (non-hydrogen) atoms. The average Bonchev–Trinajstić information content (AvgIpc) is 3.09. The zero-order chi connectivity index (χ0) is 12.5. The van der Waals surface area contributed by atoms with Crippen LogP contribution < -0.4 is 0 Å². The highest BCUT2D eigenvalue weighted by atomic mass is 79.9. The lowest BCUT2D eigenvalue weighted by Gasteiger charge is -2.28. The van der Waals surface area contributed by atoms with Crippen molar-refractivity contribution in [1.82, 2.24) is 4.90 Å². The number of amides is 1. The summed E-state index contributed by atoms with van der Waals surface area (Å²) in [6.45, 7) is 4.55. The summed E-state index contributed by atoms with van der Waals surface area (Å²) in [7, 11) is 0. The van der Waals surface area contributed by atoms with E-state index in [4.69, 9.17) is 0 Å². The molecule has 1 aromatic rings. The monoisotopic (exact) mass is 295 g/mol. The molecular formula is C14H18BrNO. The first kappa shape index (κ1) is 12.6. The van der Waals surface area contributed by atoms with Crippen LogP contribution in [0.5, 0.6) is 0 Å². The highest BCUT2D eigenvalue weighted by Crippen LogP contribution is 2.32. The molecule has 3 heteroatoms. The molecular weight excluding hydrogens is 278 g/mol. The van der Waals surface area contributed by atoms with Gasteiger partial charge in [0.15, 0.2) is 0 Å². The molecule has 1 saturated carbocycles. The minimum absolute atomic E-state index is 0.184. The van der Waals surface area contributed by atoms with Crippen molar-refractivity contribution in [3.05, 3.63) is 35.9 Å². The Hall–Kier alpha value is -0.830. The molecule has 1 fully saturated rings. The van der Waals surface area contributed by atoms with E-state index >= 15 is 0 Å². The number of benzene rings is 1. The lowest BCUT2D eigenvalue weighted by Crippen LogP contribution is -2.42. The first-order valence-electron chi connectivity index (χ1n) is 6.02. The largest absolute Gasteiger partial charge is 0.334 e. The molecule has 0 heterocycles. The van der Waals surface area contributed by atoms with Gasteiger partial charge < -0.3 is 4.90 Å². The molecule has 0 unspecified atom stereocenters. The summed E-state index contributed by atoms with van der Waals surface area (Å²) in [5.41, 5.74) is 1.20. The molecule has 0 radical (unpaired) electrons.